The Morgan fingerprint density at radius 1 is 1.26 bits per heavy atom. The van der Waals surface area contributed by atoms with E-state index in [1.54, 1.807) is 19.1 Å². The van der Waals surface area contributed by atoms with Crippen LogP contribution >= 0.6 is 22.6 Å². The SMILES string of the molecule is Cc1ccc(NC(=O)c2ccc(F)cc2I)cc1O. The number of hydrogen-bond acceptors (Lipinski definition) is 2. The summed E-state index contributed by atoms with van der Waals surface area (Å²) >= 11 is 1.91. The molecule has 0 fully saturated rings. The molecule has 0 spiro atoms. The van der Waals surface area contributed by atoms with Gasteiger partial charge in [-0.05, 0) is 59.3 Å². The zero-order valence-corrected chi connectivity index (χ0v) is 12.2. The van der Waals surface area contributed by atoms with Crippen LogP contribution in [0.25, 0.3) is 0 Å². The highest BCUT2D eigenvalue weighted by Crippen LogP contribution is 2.22. The lowest BCUT2D eigenvalue weighted by molar-refractivity contribution is 0.102. The zero-order valence-electron chi connectivity index (χ0n) is 10.1. The van der Waals surface area contributed by atoms with Gasteiger partial charge in [-0.1, -0.05) is 6.07 Å². The topological polar surface area (TPSA) is 49.3 Å². The van der Waals surface area contributed by atoms with Gasteiger partial charge in [-0.15, -0.1) is 0 Å². The second-order valence-corrected chi connectivity index (χ2v) is 5.24. The number of carbonyl (C=O) groups is 1. The minimum Gasteiger partial charge on any atom is -0.508 e. The molecule has 0 atom stereocenters. The molecule has 2 aromatic rings. The molecule has 0 radical (unpaired) electrons. The molecule has 2 rings (SSSR count). The summed E-state index contributed by atoms with van der Waals surface area (Å²) in [6.07, 6.45) is 0. The molecule has 0 aromatic heterocycles. The van der Waals surface area contributed by atoms with Crippen molar-refractivity contribution in [3.8, 4) is 5.75 Å². The van der Waals surface area contributed by atoms with Gasteiger partial charge in [0.1, 0.15) is 11.6 Å². The molecule has 5 heteroatoms. The molecular formula is C14H11FINO2. The molecule has 0 saturated heterocycles. The molecular weight excluding hydrogens is 360 g/mol. The first-order chi connectivity index (χ1) is 8.97. The maximum Gasteiger partial charge on any atom is 0.256 e. The Balaban J connectivity index is 2.23. The minimum absolute atomic E-state index is 0.117. The third-order valence-electron chi connectivity index (χ3n) is 2.64. The van der Waals surface area contributed by atoms with Crippen molar-refractivity contribution in [1.82, 2.24) is 0 Å². The third-order valence-corrected chi connectivity index (χ3v) is 3.54. The van der Waals surface area contributed by atoms with Gasteiger partial charge in [-0.2, -0.15) is 0 Å². The fourth-order valence-corrected chi connectivity index (χ4v) is 2.28. The summed E-state index contributed by atoms with van der Waals surface area (Å²) in [5.41, 5.74) is 1.62. The number of phenols is 1. The maximum atomic E-state index is 13.0. The Morgan fingerprint density at radius 3 is 2.63 bits per heavy atom. The number of nitrogens with one attached hydrogen (secondary N) is 1. The van der Waals surface area contributed by atoms with E-state index < -0.39 is 0 Å². The Kier molecular flexibility index (Phi) is 4.04. The first-order valence-corrected chi connectivity index (χ1v) is 6.61. The van der Waals surface area contributed by atoms with Gasteiger partial charge in [0.15, 0.2) is 0 Å². The first kappa shape index (κ1) is 13.8. The number of carbonyl (C=O) groups excluding carboxylic acids is 1. The molecule has 19 heavy (non-hydrogen) atoms. The van der Waals surface area contributed by atoms with Gasteiger partial charge in [-0.3, -0.25) is 4.79 Å². The van der Waals surface area contributed by atoms with Gasteiger partial charge < -0.3 is 10.4 Å². The summed E-state index contributed by atoms with van der Waals surface area (Å²) in [5.74, 6) is -0.604. The number of anilines is 1. The standard InChI is InChI=1S/C14H11FINO2/c1-8-2-4-10(7-13(8)18)17-14(19)11-5-3-9(15)6-12(11)16/h2-7,18H,1H3,(H,17,19). The largest absolute Gasteiger partial charge is 0.508 e. The number of benzene rings is 2. The fourth-order valence-electron chi connectivity index (χ4n) is 1.56. The number of rotatable bonds is 2. The lowest BCUT2D eigenvalue weighted by atomic mass is 10.2. The maximum absolute atomic E-state index is 13.0. The van der Waals surface area contributed by atoms with Crippen LogP contribution in [-0.2, 0) is 0 Å². The van der Waals surface area contributed by atoms with Gasteiger partial charge in [0.25, 0.3) is 5.91 Å². The average molecular weight is 371 g/mol. The van der Waals surface area contributed by atoms with Crippen molar-refractivity contribution in [2.45, 2.75) is 6.92 Å². The number of hydrogen-bond donors (Lipinski definition) is 2. The summed E-state index contributed by atoms with van der Waals surface area (Å²) < 4.78 is 13.5. The summed E-state index contributed by atoms with van der Waals surface area (Å²) in [6.45, 7) is 1.77. The number of aryl methyl sites for hydroxylation is 1. The Bertz CT molecular complexity index is 643. The van der Waals surface area contributed by atoms with Crippen LogP contribution in [0.2, 0.25) is 0 Å². The van der Waals surface area contributed by atoms with Gasteiger partial charge in [0, 0.05) is 15.3 Å². The lowest BCUT2D eigenvalue weighted by Crippen LogP contribution is -2.13. The van der Waals surface area contributed by atoms with E-state index in [-0.39, 0.29) is 17.5 Å². The monoisotopic (exact) mass is 371 g/mol. The highest BCUT2D eigenvalue weighted by Gasteiger charge is 2.11. The van der Waals surface area contributed by atoms with Crippen LogP contribution in [0.4, 0.5) is 10.1 Å². The third kappa shape index (κ3) is 3.23. The number of phenolic OH excluding ortho intramolecular Hbond substituents is 1. The predicted molar refractivity (Wildman–Crippen MR) is 79.9 cm³/mol. The zero-order chi connectivity index (χ0) is 14.0. The van der Waals surface area contributed by atoms with Crippen LogP contribution in [0, 0.1) is 16.3 Å². The highest BCUT2D eigenvalue weighted by molar-refractivity contribution is 14.1. The van der Waals surface area contributed by atoms with Crippen LogP contribution in [-0.4, -0.2) is 11.0 Å². The molecule has 98 valence electrons. The van der Waals surface area contributed by atoms with E-state index >= 15 is 0 Å². The lowest BCUT2D eigenvalue weighted by Gasteiger charge is -2.08. The van der Waals surface area contributed by atoms with E-state index in [0.717, 1.165) is 5.56 Å². The predicted octanol–water partition coefficient (Wildman–Crippen LogP) is 3.70. The average Bonchev–Trinajstić information content (AvgIpc) is 2.33. The Labute approximate surface area is 123 Å². The minimum atomic E-state index is -0.381. The van der Waals surface area contributed by atoms with E-state index in [2.05, 4.69) is 5.32 Å². The molecule has 0 aliphatic carbocycles. The van der Waals surface area contributed by atoms with Crippen LogP contribution in [0.15, 0.2) is 36.4 Å². The molecule has 0 aliphatic heterocycles. The summed E-state index contributed by atoms with van der Waals surface area (Å²) in [7, 11) is 0. The van der Waals surface area contributed by atoms with Gasteiger partial charge in [-0.25, -0.2) is 4.39 Å². The second kappa shape index (κ2) is 5.56. The van der Waals surface area contributed by atoms with E-state index in [1.165, 1.54) is 24.3 Å². The molecule has 0 saturated carbocycles. The van der Waals surface area contributed by atoms with Crippen LogP contribution < -0.4 is 5.32 Å². The Hall–Kier alpha value is -1.63. The van der Waals surface area contributed by atoms with Gasteiger partial charge >= 0.3 is 0 Å². The smallest absolute Gasteiger partial charge is 0.256 e. The number of aromatic hydroxyl groups is 1. The van der Waals surface area contributed by atoms with Crippen molar-refractivity contribution in [3.63, 3.8) is 0 Å². The van der Waals surface area contributed by atoms with Crippen molar-refractivity contribution < 1.29 is 14.3 Å². The molecule has 3 nitrogen and oxygen atoms in total. The number of amides is 1. The summed E-state index contributed by atoms with van der Waals surface area (Å²) in [6, 6.07) is 8.85. The molecule has 2 aromatic carbocycles. The van der Waals surface area contributed by atoms with Crippen LogP contribution in [0.3, 0.4) is 0 Å². The second-order valence-electron chi connectivity index (χ2n) is 4.08. The van der Waals surface area contributed by atoms with E-state index in [0.29, 0.717) is 14.8 Å². The molecule has 0 bridgehead atoms. The van der Waals surface area contributed by atoms with E-state index in [4.69, 9.17) is 0 Å². The first-order valence-electron chi connectivity index (χ1n) is 5.53. The summed E-state index contributed by atoms with van der Waals surface area (Å²) in [5, 5.41) is 12.2. The normalized spacial score (nSPS) is 10.3. The van der Waals surface area contributed by atoms with Crippen molar-refractivity contribution in [3.05, 3.63) is 56.9 Å². The van der Waals surface area contributed by atoms with Gasteiger partial charge in [0.2, 0.25) is 0 Å². The summed E-state index contributed by atoms with van der Waals surface area (Å²) in [4.78, 5) is 12.0. The Morgan fingerprint density at radius 2 is 2.00 bits per heavy atom. The molecule has 1 amide bonds. The number of halogens is 2. The van der Waals surface area contributed by atoms with Crippen molar-refractivity contribution in [1.29, 1.82) is 0 Å². The van der Waals surface area contributed by atoms with Crippen LogP contribution in [0.5, 0.6) is 5.75 Å². The van der Waals surface area contributed by atoms with Crippen molar-refractivity contribution in [2.75, 3.05) is 5.32 Å². The highest BCUT2D eigenvalue weighted by atomic mass is 127. The molecule has 2 N–H and O–H groups in total. The molecule has 0 heterocycles. The van der Waals surface area contributed by atoms with E-state index in [9.17, 15) is 14.3 Å². The van der Waals surface area contributed by atoms with Crippen molar-refractivity contribution >= 4 is 34.2 Å². The molecule has 0 aliphatic rings. The van der Waals surface area contributed by atoms with Crippen molar-refractivity contribution in [2.24, 2.45) is 0 Å². The van der Waals surface area contributed by atoms with Crippen LogP contribution in [0.1, 0.15) is 15.9 Å². The quantitative estimate of drug-likeness (QED) is 0.792. The fraction of sp³-hybridized carbons (Fsp3) is 0.0714. The molecule has 0 unspecified atom stereocenters. The van der Waals surface area contributed by atoms with E-state index in [1.807, 2.05) is 22.6 Å². The van der Waals surface area contributed by atoms with Gasteiger partial charge in [0.05, 0.1) is 5.56 Å².